The molecule has 0 aliphatic heterocycles. The van der Waals surface area contributed by atoms with Crippen LogP contribution in [0.5, 0.6) is 0 Å². The number of hydrogen-bond donors (Lipinski definition) is 0. The van der Waals surface area contributed by atoms with E-state index >= 15 is 0 Å². The van der Waals surface area contributed by atoms with Gasteiger partial charge in [0.05, 0.1) is 0 Å². The van der Waals surface area contributed by atoms with Crippen molar-refractivity contribution in [2.24, 2.45) is 34.5 Å². The second-order valence-corrected chi connectivity index (χ2v) is 8.99. The first-order valence-electron chi connectivity index (χ1n) is 9.13. The average molecular weight is 295 g/mol. The van der Waals surface area contributed by atoms with Gasteiger partial charge in [-0.15, -0.1) is 0 Å². The van der Waals surface area contributed by atoms with Crippen molar-refractivity contribution in [3.63, 3.8) is 0 Å². The smallest absolute Gasteiger partial charge is 0.0266 e. The molecule has 4 saturated carbocycles. The van der Waals surface area contributed by atoms with Gasteiger partial charge in [-0.25, -0.2) is 0 Å². The van der Waals surface area contributed by atoms with Crippen molar-refractivity contribution in [2.45, 2.75) is 84.5 Å². The van der Waals surface area contributed by atoms with Crippen LogP contribution < -0.4 is 0 Å². The second-order valence-electron chi connectivity index (χ2n) is 8.99. The molecule has 4 fully saturated rings. The maximum absolute atomic E-state index is 2.70. The lowest BCUT2D eigenvalue weighted by molar-refractivity contribution is -0.103. The minimum absolute atomic E-state index is 0. The molecule has 0 nitrogen and oxygen atoms in total. The Kier molecular flexibility index (Phi) is 3.98. The van der Waals surface area contributed by atoms with Gasteiger partial charge >= 0.3 is 0 Å². The summed E-state index contributed by atoms with van der Waals surface area (Å²) in [6, 6.07) is 0. The maximum atomic E-state index is 2.70. The van der Waals surface area contributed by atoms with Gasteiger partial charge in [-0.05, 0) is 85.9 Å². The van der Waals surface area contributed by atoms with Crippen molar-refractivity contribution in [3.8, 4) is 0 Å². The standard InChI is InChI=1S/C19H32.H2S/c1-18-11-5-7-16(18)15-9-8-14-6-3-4-12-19(14,2)17(15)10-13-18;/h14-17H,3-13H2,1-2H3;1H2/t14?,15-,16-,17-,18-,19-;/m0./s1. The molecule has 0 bridgehead atoms. The third-order valence-corrected chi connectivity index (χ3v) is 8.36. The summed E-state index contributed by atoms with van der Waals surface area (Å²) in [5.74, 6) is 4.41. The van der Waals surface area contributed by atoms with E-state index < -0.39 is 0 Å². The molecule has 0 amide bonds. The van der Waals surface area contributed by atoms with Crippen LogP contribution in [0.1, 0.15) is 84.5 Å². The van der Waals surface area contributed by atoms with Gasteiger partial charge in [0.2, 0.25) is 0 Å². The lowest BCUT2D eigenvalue weighted by Crippen LogP contribution is -2.51. The van der Waals surface area contributed by atoms with Gasteiger partial charge in [-0.2, -0.15) is 13.5 Å². The van der Waals surface area contributed by atoms with E-state index in [-0.39, 0.29) is 13.5 Å². The van der Waals surface area contributed by atoms with Gasteiger partial charge < -0.3 is 0 Å². The van der Waals surface area contributed by atoms with Crippen molar-refractivity contribution < 1.29 is 0 Å². The van der Waals surface area contributed by atoms with Crippen LogP contribution in [-0.2, 0) is 0 Å². The molecule has 4 aliphatic carbocycles. The van der Waals surface area contributed by atoms with Crippen LogP contribution in [0.4, 0.5) is 0 Å². The Hall–Kier alpha value is 0.350. The molecule has 0 N–H and O–H groups in total. The van der Waals surface area contributed by atoms with E-state index in [1.807, 2.05) is 0 Å². The molecule has 0 saturated heterocycles. The van der Waals surface area contributed by atoms with E-state index in [2.05, 4.69) is 13.8 Å². The average Bonchev–Trinajstić information content (AvgIpc) is 2.79. The predicted octanol–water partition coefficient (Wildman–Crippen LogP) is 5.92. The number of fused-ring (bicyclic) bond motifs is 5. The van der Waals surface area contributed by atoms with Crippen molar-refractivity contribution in [3.05, 3.63) is 0 Å². The Morgan fingerprint density at radius 1 is 0.700 bits per heavy atom. The summed E-state index contributed by atoms with van der Waals surface area (Å²) in [7, 11) is 0. The third kappa shape index (κ3) is 2.02. The molecule has 0 aromatic rings. The van der Waals surface area contributed by atoms with Gasteiger partial charge in [0.25, 0.3) is 0 Å². The van der Waals surface area contributed by atoms with E-state index in [0.29, 0.717) is 0 Å². The summed E-state index contributed by atoms with van der Waals surface area (Å²) in [5.41, 5.74) is 1.49. The van der Waals surface area contributed by atoms with Crippen molar-refractivity contribution >= 4 is 13.5 Å². The SMILES string of the molecule is C[C@@]12CCC[C@H]1[C@@H]1CCC3CCCC[C@]3(C)[C@H]1CC2.S. The summed E-state index contributed by atoms with van der Waals surface area (Å²) in [5, 5.41) is 0. The second kappa shape index (κ2) is 5.21. The first-order valence-corrected chi connectivity index (χ1v) is 9.13. The summed E-state index contributed by atoms with van der Waals surface area (Å²) < 4.78 is 0. The summed E-state index contributed by atoms with van der Waals surface area (Å²) in [6.07, 6.45) is 17.1. The Bertz CT molecular complexity index is 365. The highest BCUT2D eigenvalue weighted by Crippen LogP contribution is 2.66. The van der Waals surface area contributed by atoms with Crippen molar-refractivity contribution in [1.82, 2.24) is 0 Å². The normalized spacial score (nSPS) is 54.3. The highest BCUT2D eigenvalue weighted by atomic mass is 32.1. The molecule has 0 heterocycles. The molecule has 6 atom stereocenters. The van der Waals surface area contributed by atoms with Crippen molar-refractivity contribution in [1.29, 1.82) is 0 Å². The van der Waals surface area contributed by atoms with Crippen LogP contribution in [0.15, 0.2) is 0 Å². The molecule has 1 heteroatoms. The molecule has 0 spiro atoms. The molecule has 116 valence electrons. The Labute approximate surface area is 132 Å². The van der Waals surface area contributed by atoms with Gasteiger partial charge in [-0.3, -0.25) is 0 Å². The lowest BCUT2D eigenvalue weighted by Gasteiger charge is -2.60. The van der Waals surface area contributed by atoms with Gasteiger partial charge in [-0.1, -0.05) is 33.1 Å². The largest absolute Gasteiger partial charge is 0.197 e. The van der Waals surface area contributed by atoms with E-state index in [1.165, 1.54) is 19.3 Å². The summed E-state index contributed by atoms with van der Waals surface area (Å²) in [4.78, 5) is 0. The molecular weight excluding hydrogens is 260 g/mol. The van der Waals surface area contributed by atoms with Gasteiger partial charge in [0.1, 0.15) is 0 Å². The zero-order valence-electron chi connectivity index (χ0n) is 13.6. The minimum atomic E-state index is 0. The molecule has 4 rings (SSSR count). The highest BCUT2D eigenvalue weighted by molar-refractivity contribution is 7.59. The number of hydrogen-bond acceptors (Lipinski definition) is 0. The van der Waals surface area contributed by atoms with Crippen LogP contribution in [0.2, 0.25) is 0 Å². The summed E-state index contributed by atoms with van der Waals surface area (Å²) >= 11 is 0. The summed E-state index contributed by atoms with van der Waals surface area (Å²) in [6.45, 7) is 5.33. The number of rotatable bonds is 0. The van der Waals surface area contributed by atoms with E-state index in [9.17, 15) is 0 Å². The topological polar surface area (TPSA) is 0 Å². The van der Waals surface area contributed by atoms with Crippen LogP contribution in [0.25, 0.3) is 0 Å². The Morgan fingerprint density at radius 2 is 1.55 bits per heavy atom. The predicted molar refractivity (Wildman–Crippen MR) is 91.3 cm³/mol. The van der Waals surface area contributed by atoms with Crippen LogP contribution >= 0.6 is 13.5 Å². The Balaban J connectivity index is 0.00000121. The molecule has 0 aromatic heterocycles. The van der Waals surface area contributed by atoms with E-state index in [0.717, 1.165) is 34.5 Å². The fourth-order valence-corrected chi connectivity index (χ4v) is 7.29. The maximum Gasteiger partial charge on any atom is -0.0266 e. The van der Waals surface area contributed by atoms with Crippen molar-refractivity contribution in [2.75, 3.05) is 0 Å². The third-order valence-electron chi connectivity index (χ3n) is 8.36. The highest BCUT2D eigenvalue weighted by Gasteiger charge is 2.56. The first-order chi connectivity index (χ1) is 9.13. The van der Waals surface area contributed by atoms with E-state index in [4.69, 9.17) is 0 Å². The quantitative estimate of drug-likeness (QED) is 0.520. The molecule has 0 radical (unpaired) electrons. The molecule has 1 unspecified atom stereocenters. The van der Waals surface area contributed by atoms with Gasteiger partial charge in [0, 0.05) is 0 Å². The molecule has 4 aliphatic rings. The van der Waals surface area contributed by atoms with Crippen LogP contribution in [0.3, 0.4) is 0 Å². The first kappa shape index (κ1) is 15.3. The van der Waals surface area contributed by atoms with E-state index in [1.54, 1.807) is 51.4 Å². The molecule has 0 aromatic carbocycles. The Morgan fingerprint density at radius 3 is 2.40 bits per heavy atom. The monoisotopic (exact) mass is 294 g/mol. The van der Waals surface area contributed by atoms with Crippen LogP contribution in [0, 0.1) is 34.5 Å². The fraction of sp³-hybridized carbons (Fsp3) is 1.00. The van der Waals surface area contributed by atoms with Gasteiger partial charge in [0.15, 0.2) is 0 Å². The fourth-order valence-electron chi connectivity index (χ4n) is 7.29. The minimum Gasteiger partial charge on any atom is -0.197 e. The zero-order chi connectivity index (χ0) is 13.1. The lowest BCUT2D eigenvalue weighted by atomic mass is 9.45. The molecular formula is C19H34S. The molecule has 20 heavy (non-hydrogen) atoms. The zero-order valence-corrected chi connectivity index (χ0v) is 14.6. The van der Waals surface area contributed by atoms with Crippen LogP contribution in [-0.4, -0.2) is 0 Å².